The number of nitrogens with zero attached hydrogens (tertiary/aromatic N) is 1. The van der Waals surface area contributed by atoms with Gasteiger partial charge in [-0.3, -0.25) is 4.79 Å². The number of carbonyl (C=O) groups is 1. The molecule has 0 unspecified atom stereocenters. The van der Waals surface area contributed by atoms with Gasteiger partial charge < -0.3 is 4.74 Å². The number of hydrogen-bond donors (Lipinski definition) is 1. The van der Waals surface area contributed by atoms with Crippen LogP contribution >= 0.6 is 27.5 Å². The Morgan fingerprint density at radius 1 is 1.53 bits per heavy atom. The number of esters is 1. The first-order valence-electron chi connectivity index (χ1n) is 4.50. The maximum absolute atomic E-state index is 11.6. The summed E-state index contributed by atoms with van der Waals surface area (Å²) < 4.78 is 5.23. The molecule has 0 fully saturated rings. The summed E-state index contributed by atoms with van der Waals surface area (Å²) in [5.74, 6) is -0.639. The molecule has 1 aromatic heterocycles. The average molecular weight is 318 g/mol. The summed E-state index contributed by atoms with van der Waals surface area (Å²) in [6.07, 6.45) is 0. The molecule has 1 heterocycles. The maximum atomic E-state index is 11.6. The molecule has 2 rings (SSSR count). The van der Waals surface area contributed by atoms with Gasteiger partial charge in [-0.05, 0) is 12.1 Å². The van der Waals surface area contributed by atoms with Gasteiger partial charge in [0.05, 0.1) is 17.5 Å². The Kier molecular flexibility index (Phi) is 3.17. The molecule has 0 amide bonds. The van der Waals surface area contributed by atoms with Gasteiger partial charge in [0.1, 0.15) is 0 Å². The minimum Gasteiger partial charge on any atom is -0.464 e. The number of halogens is 2. The van der Waals surface area contributed by atoms with Crippen molar-refractivity contribution in [3.63, 3.8) is 0 Å². The molecule has 1 aromatic carbocycles. The lowest BCUT2D eigenvalue weighted by atomic mass is 10.1. The third-order valence-electron chi connectivity index (χ3n) is 2.19. The van der Waals surface area contributed by atoms with Crippen LogP contribution in [-0.2, 0) is 4.74 Å². The highest BCUT2D eigenvalue weighted by Crippen LogP contribution is 2.27. The van der Waals surface area contributed by atoms with Gasteiger partial charge in [0.15, 0.2) is 5.69 Å². The molecule has 0 radical (unpaired) electrons. The molecule has 0 saturated carbocycles. The quantitative estimate of drug-likeness (QED) is 0.818. The van der Waals surface area contributed by atoms with Gasteiger partial charge in [-0.25, -0.2) is 9.89 Å². The molecule has 7 heteroatoms. The summed E-state index contributed by atoms with van der Waals surface area (Å²) in [4.78, 5) is 23.1. The highest BCUT2D eigenvalue weighted by atomic mass is 79.9. The lowest BCUT2D eigenvalue weighted by Crippen LogP contribution is -2.15. The second-order valence-electron chi connectivity index (χ2n) is 3.20. The zero-order valence-electron chi connectivity index (χ0n) is 8.58. The highest BCUT2D eigenvalue weighted by molar-refractivity contribution is 9.10. The maximum Gasteiger partial charge on any atom is 0.359 e. The number of methoxy groups -OCH3 is 1. The van der Waals surface area contributed by atoms with Crippen LogP contribution in [-0.4, -0.2) is 23.3 Å². The standard InChI is InChI=1S/C10H6BrClN2O3/c1-17-10(16)8-5-2-4(11)3-6(12)7(5)9(15)14-13-8/h2-3H,1H3,(H,14,15). The molecule has 0 aliphatic rings. The molecule has 0 bridgehead atoms. The largest absolute Gasteiger partial charge is 0.464 e. The predicted molar refractivity (Wildman–Crippen MR) is 66.4 cm³/mol. The van der Waals surface area contributed by atoms with Crippen LogP contribution in [0.25, 0.3) is 10.8 Å². The van der Waals surface area contributed by atoms with Gasteiger partial charge in [0, 0.05) is 9.86 Å². The van der Waals surface area contributed by atoms with Crippen LogP contribution in [0.2, 0.25) is 5.02 Å². The fraction of sp³-hybridized carbons (Fsp3) is 0.100. The van der Waals surface area contributed by atoms with Crippen LogP contribution in [0.4, 0.5) is 0 Å². The fourth-order valence-corrected chi connectivity index (χ4v) is 2.36. The Balaban J connectivity index is 2.94. The normalized spacial score (nSPS) is 10.5. The van der Waals surface area contributed by atoms with E-state index in [0.29, 0.717) is 9.86 Å². The number of nitrogens with one attached hydrogen (secondary N) is 1. The van der Waals surface area contributed by atoms with Crippen LogP contribution in [0.1, 0.15) is 10.5 Å². The van der Waals surface area contributed by atoms with E-state index in [2.05, 4.69) is 30.9 Å². The molecular formula is C10H6BrClN2O3. The molecule has 0 spiro atoms. The first-order chi connectivity index (χ1) is 8.04. The van der Waals surface area contributed by atoms with Crippen molar-refractivity contribution in [3.8, 4) is 0 Å². The zero-order chi connectivity index (χ0) is 12.6. The van der Waals surface area contributed by atoms with Gasteiger partial charge in [0.25, 0.3) is 5.56 Å². The Morgan fingerprint density at radius 3 is 2.88 bits per heavy atom. The van der Waals surface area contributed by atoms with Gasteiger partial charge in [-0.15, -0.1) is 0 Å². The Morgan fingerprint density at radius 2 is 2.24 bits per heavy atom. The molecule has 0 atom stereocenters. The number of fused-ring (bicyclic) bond motifs is 1. The number of aromatic nitrogens is 2. The van der Waals surface area contributed by atoms with Crippen molar-refractivity contribution >= 4 is 44.3 Å². The van der Waals surface area contributed by atoms with Crippen LogP contribution in [0.5, 0.6) is 0 Å². The lowest BCUT2D eigenvalue weighted by molar-refractivity contribution is 0.0595. The second kappa shape index (κ2) is 4.46. The Bertz CT molecular complexity index is 668. The minimum absolute atomic E-state index is 0.0188. The number of rotatable bonds is 1. The monoisotopic (exact) mass is 316 g/mol. The predicted octanol–water partition coefficient (Wildman–Crippen LogP) is 2.13. The van der Waals surface area contributed by atoms with Gasteiger partial charge in [0.2, 0.25) is 0 Å². The van der Waals surface area contributed by atoms with Crippen LogP contribution in [0.3, 0.4) is 0 Å². The number of benzene rings is 1. The number of carbonyl (C=O) groups excluding carboxylic acids is 1. The van der Waals surface area contributed by atoms with E-state index in [-0.39, 0.29) is 16.1 Å². The van der Waals surface area contributed by atoms with Crippen LogP contribution in [0.15, 0.2) is 21.4 Å². The topological polar surface area (TPSA) is 72.0 Å². The smallest absolute Gasteiger partial charge is 0.359 e. The summed E-state index contributed by atoms with van der Waals surface area (Å²) in [5, 5.41) is 6.68. The third kappa shape index (κ3) is 2.05. The van der Waals surface area contributed by atoms with E-state index >= 15 is 0 Å². The van der Waals surface area contributed by atoms with Gasteiger partial charge >= 0.3 is 5.97 Å². The van der Waals surface area contributed by atoms with E-state index in [1.807, 2.05) is 0 Å². The van der Waals surface area contributed by atoms with Gasteiger partial charge in [-0.2, -0.15) is 5.10 Å². The summed E-state index contributed by atoms with van der Waals surface area (Å²) in [6, 6.07) is 3.16. The highest BCUT2D eigenvalue weighted by Gasteiger charge is 2.16. The van der Waals surface area contributed by atoms with Crippen LogP contribution < -0.4 is 5.56 Å². The Labute approximate surface area is 109 Å². The van der Waals surface area contributed by atoms with Crippen LogP contribution in [0, 0.1) is 0 Å². The number of hydrogen-bond acceptors (Lipinski definition) is 4. The van der Waals surface area contributed by atoms with E-state index < -0.39 is 11.5 Å². The van der Waals surface area contributed by atoms with E-state index in [1.165, 1.54) is 7.11 Å². The van der Waals surface area contributed by atoms with E-state index in [9.17, 15) is 9.59 Å². The molecule has 0 aliphatic carbocycles. The minimum atomic E-state index is -0.639. The molecule has 0 aliphatic heterocycles. The van der Waals surface area contributed by atoms with E-state index in [4.69, 9.17) is 11.6 Å². The fourth-order valence-electron chi connectivity index (χ4n) is 1.47. The SMILES string of the molecule is COC(=O)c1n[nH]c(=O)c2c(Cl)cc(Br)cc12. The number of ether oxygens (including phenoxy) is 1. The summed E-state index contributed by atoms with van der Waals surface area (Å²) in [7, 11) is 1.24. The first-order valence-corrected chi connectivity index (χ1v) is 5.67. The zero-order valence-corrected chi connectivity index (χ0v) is 10.9. The summed E-state index contributed by atoms with van der Waals surface area (Å²) in [6.45, 7) is 0. The average Bonchev–Trinajstić information content (AvgIpc) is 2.27. The summed E-state index contributed by atoms with van der Waals surface area (Å²) in [5.41, 5.74) is -0.435. The van der Waals surface area contributed by atoms with Crippen molar-refractivity contribution < 1.29 is 9.53 Å². The second-order valence-corrected chi connectivity index (χ2v) is 4.53. The molecule has 88 valence electrons. The van der Waals surface area contributed by atoms with Gasteiger partial charge in [-0.1, -0.05) is 27.5 Å². The molecular weight excluding hydrogens is 311 g/mol. The van der Waals surface area contributed by atoms with Crippen molar-refractivity contribution in [2.24, 2.45) is 0 Å². The molecule has 5 nitrogen and oxygen atoms in total. The van der Waals surface area contributed by atoms with Crippen molar-refractivity contribution in [2.75, 3.05) is 7.11 Å². The van der Waals surface area contributed by atoms with Crippen molar-refractivity contribution in [1.82, 2.24) is 10.2 Å². The molecule has 1 N–H and O–H groups in total. The lowest BCUT2D eigenvalue weighted by Gasteiger charge is -2.04. The first kappa shape index (κ1) is 12.1. The molecule has 0 saturated heterocycles. The van der Waals surface area contributed by atoms with Crippen molar-refractivity contribution in [1.29, 1.82) is 0 Å². The Hall–Kier alpha value is -1.40. The summed E-state index contributed by atoms with van der Waals surface area (Å²) >= 11 is 9.19. The van der Waals surface area contributed by atoms with Crippen molar-refractivity contribution in [2.45, 2.75) is 0 Å². The molecule has 2 aromatic rings. The number of aromatic amines is 1. The van der Waals surface area contributed by atoms with E-state index in [1.54, 1.807) is 12.1 Å². The van der Waals surface area contributed by atoms with Crippen molar-refractivity contribution in [3.05, 3.63) is 37.7 Å². The third-order valence-corrected chi connectivity index (χ3v) is 2.94. The van der Waals surface area contributed by atoms with E-state index in [0.717, 1.165) is 0 Å². The number of H-pyrrole nitrogens is 1. The molecule has 17 heavy (non-hydrogen) atoms.